The third-order valence-electron chi connectivity index (χ3n) is 3.24. The Kier molecular flexibility index (Phi) is 4.32. The quantitative estimate of drug-likeness (QED) is 0.845. The Bertz CT molecular complexity index is 316. The van der Waals surface area contributed by atoms with Crippen molar-refractivity contribution in [3.05, 3.63) is 16.1 Å². The number of nitrogens with zero attached hydrogens (tertiary/aromatic N) is 1. The van der Waals surface area contributed by atoms with Crippen LogP contribution in [0.4, 0.5) is 0 Å². The average molecular weight is 239 g/mol. The summed E-state index contributed by atoms with van der Waals surface area (Å²) in [5, 5.41) is 4.85. The lowest BCUT2D eigenvalue weighted by Gasteiger charge is -2.26. The third kappa shape index (κ3) is 3.27. The van der Waals surface area contributed by atoms with Crippen molar-refractivity contribution < 1.29 is 0 Å². The Morgan fingerprint density at radius 1 is 1.44 bits per heavy atom. The van der Waals surface area contributed by atoms with E-state index in [0.29, 0.717) is 12.1 Å². The molecule has 0 bridgehead atoms. The maximum Gasteiger partial charge on any atom is 0.0925 e. The van der Waals surface area contributed by atoms with Crippen LogP contribution in [0.1, 0.15) is 42.5 Å². The van der Waals surface area contributed by atoms with Gasteiger partial charge in [0.1, 0.15) is 0 Å². The van der Waals surface area contributed by atoms with E-state index < -0.39 is 0 Å². The number of hydrogen-bond donors (Lipinski definition) is 2. The largest absolute Gasteiger partial charge is 0.328 e. The highest BCUT2D eigenvalue weighted by atomic mass is 32.1. The predicted octanol–water partition coefficient (Wildman–Crippen LogP) is 2.06. The van der Waals surface area contributed by atoms with Crippen molar-refractivity contribution in [1.82, 2.24) is 10.3 Å². The minimum atomic E-state index is 0.438. The summed E-state index contributed by atoms with van der Waals surface area (Å²) in [6.45, 7) is 3.12. The van der Waals surface area contributed by atoms with Crippen molar-refractivity contribution in [3.8, 4) is 0 Å². The summed E-state index contributed by atoms with van der Waals surface area (Å²) in [6.07, 6.45) is 7.83. The normalized spacial score (nSPS) is 25.9. The van der Waals surface area contributed by atoms with Crippen LogP contribution >= 0.6 is 11.3 Å². The first kappa shape index (κ1) is 12.0. The van der Waals surface area contributed by atoms with Crippen LogP contribution in [0.25, 0.3) is 0 Å². The monoisotopic (exact) mass is 239 g/mol. The molecule has 0 unspecified atom stereocenters. The summed E-state index contributed by atoms with van der Waals surface area (Å²) in [4.78, 5) is 5.72. The standard InChI is InChI=1S/C12H21N3S/c1-2-12-15-8-11(16-12)7-14-10-5-3-9(13)4-6-10/h8-10,14H,2-7,13H2,1H3. The molecular weight excluding hydrogens is 218 g/mol. The molecule has 1 heterocycles. The van der Waals surface area contributed by atoms with E-state index in [4.69, 9.17) is 5.73 Å². The fourth-order valence-electron chi connectivity index (χ4n) is 2.16. The number of thiazole rings is 1. The molecule has 4 heteroatoms. The summed E-state index contributed by atoms with van der Waals surface area (Å²) < 4.78 is 0. The fraction of sp³-hybridized carbons (Fsp3) is 0.750. The summed E-state index contributed by atoms with van der Waals surface area (Å²) in [7, 11) is 0. The first-order valence-electron chi connectivity index (χ1n) is 6.20. The number of aryl methyl sites for hydroxylation is 1. The van der Waals surface area contributed by atoms with Gasteiger partial charge >= 0.3 is 0 Å². The molecule has 0 spiro atoms. The maximum absolute atomic E-state index is 5.89. The smallest absolute Gasteiger partial charge is 0.0925 e. The van der Waals surface area contributed by atoms with Crippen LogP contribution in [0.15, 0.2) is 6.20 Å². The molecule has 1 saturated carbocycles. The van der Waals surface area contributed by atoms with E-state index in [0.717, 1.165) is 13.0 Å². The molecule has 1 aromatic heterocycles. The molecule has 1 aliphatic rings. The molecule has 0 radical (unpaired) electrons. The number of hydrogen-bond acceptors (Lipinski definition) is 4. The van der Waals surface area contributed by atoms with Gasteiger partial charge in [-0.05, 0) is 32.1 Å². The molecule has 0 atom stereocenters. The molecule has 0 saturated heterocycles. The van der Waals surface area contributed by atoms with Crippen molar-refractivity contribution in [1.29, 1.82) is 0 Å². The van der Waals surface area contributed by atoms with Crippen LogP contribution in [-0.2, 0) is 13.0 Å². The van der Waals surface area contributed by atoms with Crippen LogP contribution in [0.2, 0.25) is 0 Å². The molecule has 16 heavy (non-hydrogen) atoms. The van der Waals surface area contributed by atoms with Crippen molar-refractivity contribution >= 4 is 11.3 Å². The molecule has 90 valence electrons. The van der Waals surface area contributed by atoms with Gasteiger partial charge < -0.3 is 11.1 Å². The summed E-state index contributed by atoms with van der Waals surface area (Å²) in [6, 6.07) is 1.10. The van der Waals surface area contributed by atoms with Gasteiger partial charge in [0, 0.05) is 29.7 Å². The molecule has 3 nitrogen and oxygen atoms in total. The zero-order valence-electron chi connectivity index (χ0n) is 9.91. The van der Waals surface area contributed by atoms with Gasteiger partial charge in [0.05, 0.1) is 5.01 Å². The molecule has 0 aromatic carbocycles. The summed E-state index contributed by atoms with van der Waals surface area (Å²) in [5.74, 6) is 0. The Morgan fingerprint density at radius 3 is 2.81 bits per heavy atom. The zero-order chi connectivity index (χ0) is 11.4. The molecule has 1 aliphatic carbocycles. The molecule has 0 amide bonds. The van der Waals surface area contributed by atoms with Gasteiger partial charge in [0.15, 0.2) is 0 Å². The van der Waals surface area contributed by atoms with E-state index >= 15 is 0 Å². The number of aromatic nitrogens is 1. The van der Waals surface area contributed by atoms with E-state index in [9.17, 15) is 0 Å². The van der Waals surface area contributed by atoms with Crippen LogP contribution < -0.4 is 11.1 Å². The molecule has 0 aliphatic heterocycles. The van der Waals surface area contributed by atoms with E-state index in [1.165, 1.54) is 35.6 Å². The lowest BCUT2D eigenvalue weighted by atomic mass is 9.92. The van der Waals surface area contributed by atoms with Crippen molar-refractivity contribution in [2.75, 3.05) is 0 Å². The number of nitrogens with two attached hydrogens (primary N) is 1. The first-order valence-corrected chi connectivity index (χ1v) is 7.02. The molecule has 1 aromatic rings. The molecule has 3 N–H and O–H groups in total. The zero-order valence-corrected chi connectivity index (χ0v) is 10.7. The highest BCUT2D eigenvalue weighted by Crippen LogP contribution is 2.18. The average Bonchev–Trinajstić information content (AvgIpc) is 2.76. The van der Waals surface area contributed by atoms with Crippen molar-refractivity contribution in [2.24, 2.45) is 5.73 Å². The lowest BCUT2D eigenvalue weighted by molar-refractivity contribution is 0.342. The predicted molar refractivity (Wildman–Crippen MR) is 68.6 cm³/mol. The molecule has 2 rings (SSSR count). The van der Waals surface area contributed by atoms with Crippen LogP contribution in [0.3, 0.4) is 0 Å². The SMILES string of the molecule is CCc1ncc(CNC2CCC(N)CC2)s1. The van der Waals surface area contributed by atoms with E-state index in [2.05, 4.69) is 17.2 Å². The van der Waals surface area contributed by atoms with Crippen molar-refractivity contribution in [2.45, 2.75) is 57.7 Å². The second-order valence-electron chi connectivity index (χ2n) is 4.57. The minimum absolute atomic E-state index is 0.438. The lowest BCUT2D eigenvalue weighted by Crippen LogP contribution is -2.36. The van der Waals surface area contributed by atoms with Crippen LogP contribution in [0.5, 0.6) is 0 Å². The van der Waals surface area contributed by atoms with Gasteiger partial charge in [-0.2, -0.15) is 0 Å². The first-order chi connectivity index (χ1) is 7.78. The van der Waals surface area contributed by atoms with Gasteiger partial charge in [-0.1, -0.05) is 6.92 Å². The highest BCUT2D eigenvalue weighted by Gasteiger charge is 2.17. The topological polar surface area (TPSA) is 50.9 Å². The Morgan fingerprint density at radius 2 is 2.19 bits per heavy atom. The Balaban J connectivity index is 1.74. The van der Waals surface area contributed by atoms with E-state index in [1.54, 1.807) is 0 Å². The van der Waals surface area contributed by atoms with Gasteiger partial charge in [-0.15, -0.1) is 11.3 Å². The maximum atomic E-state index is 5.89. The molecule has 1 fully saturated rings. The highest BCUT2D eigenvalue weighted by molar-refractivity contribution is 7.11. The Labute approximate surface area is 101 Å². The molecular formula is C12H21N3S. The summed E-state index contributed by atoms with van der Waals surface area (Å²) >= 11 is 1.82. The minimum Gasteiger partial charge on any atom is -0.328 e. The number of nitrogens with one attached hydrogen (secondary N) is 1. The second-order valence-corrected chi connectivity index (χ2v) is 5.77. The van der Waals surface area contributed by atoms with Crippen LogP contribution in [-0.4, -0.2) is 17.1 Å². The van der Waals surface area contributed by atoms with E-state index in [-0.39, 0.29) is 0 Å². The third-order valence-corrected chi connectivity index (χ3v) is 4.38. The summed E-state index contributed by atoms with van der Waals surface area (Å²) in [5.41, 5.74) is 5.89. The second kappa shape index (κ2) is 5.75. The van der Waals surface area contributed by atoms with Gasteiger partial charge in [-0.3, -0.25) is 0 Å². The van der Waals surface area contributed by atoms with Gasteiger partial charge in [0.2, 0.25) is 0 Å². The fourth-order valence-corrected chi connectivity index (χ4v) is 2.97. The van der Waals surface area contributed by atoms with Gasteiger partial charge in [0.25, 0.3) is 0 Å². The van der Waals surface area contributed by atoms with E-state index in [1.807, 2.05) is 17.5 Å². The van der Waals surface area contributed by atoms with Gasteiger partial charge in [-0.25, -0.2) is 4.98 Å². The van der Waals surface area contributed by atoms with Crippen LogP contribution in [0, 0.1) is 0 Å². The number of rotatable bonds is 4. The van der Waals surface area contributed by atoms with Crippen molar-refractivity contribution in [3.63, 3.8) is 0 Å². The Hall–Kier alpha value is -0.450.